The second kappa shape index (κ2) is 12.6. The van der Waals surface area contributed by atoms with E-state index in [2.05, 4.69) is 25.3 Å². The van der Waals surface area contributed by atoms with Crippen molar-refractivity contribution in [3.8, 4) is 11.6 Å². The van der Waals surface area contributed by atoms with Crippen LogP contribution in [0.15, 0.2) is 47.6 Å². The van der Waals surface area contributed by atoms with Crippen LogP contribution >= 0.6 is 0 Å². The molecule has 0 saturated carbocycles. The maximum Gasteiger partial charge on any atom is 0.387 e. The minimum Gasteiger partial charge on any atom is -0.478 e. The molecule has 0 saturated heterocycles. The lowest BCUT2D eigenvalue weighted by atomic mass is 10.1. The third-order valence-electron chi connectivity index (χ3n) is 3.97. The number of guanidine groups is 1. The number of nitrogens with zero attached hydrogens (tertiary/aromatic N) is 2. The zero-order chi connectivity index (χ0) is 21.8. The molecule has 1 aromatic carbocycles. The Balaban J connectivity index is 1.89. The molecule has 164 valence electrons. The predicted molar refractivity (Wildman–Crippen MR) is 111 cm³/mol. The average Bonchev–Trinajstić information content (AvgIpc) is 2.75. The van der Waals surface area contributed by atoms with Gasteiger partial charge in [-0.3, -0.25) is 0 Å². The second-order valence-electron chi connectivity index (χ2n) is 6.39. The summed E-state index contributed by atoms with van der Waals surface area (Å²) in [5.41, 5.74) is 1.50. The molecule has 7 nitrogen and oxygen atoms in total. The van der Waals surface area contributed by atoms with Crippen LogP contribution in [0.3, 0.4) is 0 Å². The highest BCUT2D eigenvalue weighted by Crippen LogP contribution is 2.19. The molecule has 2 rings (SSSR count). The number of aliphatic hydroxyl groups is 1. The van der Waals surface area contributed by atoms with E-state index in [-0.39, 0.29) is 12.3 Å². The molecule has 30 heavy (non-hydrogen) atoms. The summed E-state index contributed by atoms with van der Waals surface area (Å²) in [4.78, 5) is 8.74. The lowest BCUT2D eigenvalue weighted by Crippen LogP contribution is -2.39. The van der Waals surface area contributed by atoms with Crippen molar-refractivity contribution >= 4 is 5.96 Å². The highest BCUT2D eigenvalue weighted by atomic mass is 19.3. The summed E-state index contributed by atoms with van der Waals surface area (Å²) in [6, 6.07) is 9.59. The van der Waals surface area contributed by atoms with E-state index in [4.69, 9.17) is 4.74 Å². The summed E-state index contributed by atoms with van der Waals surface area (Å²) >= 11 is 0. The van der Waals surface area contributed by atoms with Crippen molar-refractivity contribution in [2.45, 2.75) is 39.5 Å². The van der Waals surface area contributed by atoms with Gasteiger partial charge in [0, 0.05) is 25.4 Å². The lowest BCUT2D eigenvalue weighted by Gasteiger charge is -2.16. The van der Waals surface area contributed by atoms with E-state index >= 15 is 0 Å². The number of nitrogens with one attached hydrogen (secondary N) is 2. The highest BCUT2D eigenvalue weighted by Gasteiger charge is 2.10. The number of ether oxygens (including phenoxy) is 2. The van der Waals surface area contributed by atoms with Crippen molar-refractivity contribution in [3.63, 3.8) is 0 Å². The monoisotopic (exact) mass is 422 g/mol. The molecular formula is C21H28F2N4O3. The smallest absolute Gasteiger partial charge is 0.387 e. The zero-order valence-corrected chi connectivity index (χ0v) is 17.1. The van der Waals surface area contributed by atoms with Crippen LogP contribution in [-0.2, 0) is 6.54 Å². The molecule has 2 aromatic rings. The van der Waals surface area contributed by atoms with Gasteiger partial charge in [0.15, 0.2) is 5.96 Å². The Bertz CT molecular complexity index is 771. The summed E-state index contributed by atoms with van der Waals surface area (Å²) in [7, 11) is 0. The Morgan fingerprint density at radius 2 is 1.90 bits per heavy atom. The van der Waals surface area contributed by atoms with Gasteiger partial charge in [-0.25, -0.2) is 9.98 Å². The molecular weight excluding hydrogens is 394 g/mol. The van der Waals surface area contributed by atoms with E-state index in [9.17, 15) is 13.9 Å². The Hall–Kier alpha value is -2.94. The fraction of sp³-hybridized carbons (Fsp3) is 0.429. The number of aliphatic imine (C=N–C) groups is 1. The Morgan fingerprint density at radius 1 is 1.13 bits per heavy atom. The number of pyridine rings is 1. The fourth-order valence-electron chi connectivity index (χ4n) is 2.49. The lowest BCUT2D eigenvalue weighted by molar-refractivity contribution is -0.0498. The molecule has 9 heteroatoms. The van der Waals surface area contributed by atoms with Gasteiger partial charge in [0.25, 0.3) is 0 Å². The molecule has 0 aliphatic heterocycles. The van der Waals surface area contributed by atoms with E-state index in [1.54, 1.807) is 18.3 Å². The molecule has 1 atom stereocenters. The van der Waals surface area contributed by atoms with Crippen LogP contribution in [0, 0.1) is 0 Å². The van der Waals surface area contributed by atoms with Gasteiger partial charge in [-0.15, -0.1) is 0 Å². The summed E-state index contributed by atoms with van der Waals surface area (Å²) < 4.78 is 34.2. The van der Waals surface area contributed by atoms with E-state index < -0.39 is 12.7 Å². The minimum absolute atomic E-state index is 0.0449. The first-order chi connectivity index (χ1) is 14.5. The highest BCUT2D eigenvalue weighted by molar-refractivity contribution is 5.79. The summed E-state index contributed by atoms with van der Waals surface area (Å²) in [6.45, 7) is 2.99. The normalized spacial score (nSPS) is 12.5. The zero-order valence-electron chi connectivity index (χ0n) is 17.1. The van der Waals surface area contributed by atoms with Crippen molar-refractivity contribution in [2.75, 3.05) is 19.7 Å². The average molecular weight is 422 g/mol. The van der Waals surface area contributed by atoms with E-state index in [1.165, 1.54) is 12.1 Å². The van der Waals surface area contributed by atoms with Gasteiger partial charge >= 0.3 is 6.61 Å². The molecule has 1 unspecified atom stereocenters. The van der Waals surface area contributed by atoms with Gasteiger partial charge in [0.05, 0.1) is 19.3 Å². The summed E-state index contributed by atoms with van der Waals surface area (Å²) in [6.07, 6.45) is 1.80. The van der Waals surface area contributed by atoms with Gasteiger partial charge in [0.1, 0.15) is 5.75 Å². The number of alkyl halides is 2. The van der Waals surface area contributed by atoms with Crippen LogP contribution < -0.4 is 20.1 Å². The van der Waals surface area contributed by atoms with Crippen LogP contribution in [0.2, 0.25) is 0 Å². The largest absolute Gasteiger partial charge is 0.478 e. The number of halogens is 2. The Labute approximate surface area is 175 Å². The first-order valence-corrected chi connectivity index (χ1v) is 9.84. The molecule has 3 N–H and O–H groups in total. The first kappa shape index (κ1) is 23.3. The van der Waals surface area contributed by atoms with Gasteiger partial charge in [-0.05, 0) is 36.6 Å². The molecule has 0 bridgehead atoms. The van der Waals surface area contributed by atoms with E-state index in [0.717, 1.165) is 12.0 Å². The summed E-state index contributed by atoms with van der Waals surface area (Å²) in [5.74, 6) is 1.17. The Morgan fingerprint density at radius 3 is 2.50 bits per heavy atom. The summed E-state index contributed by atoms with van der Waals surface area (Å²) in [5, 5.41) is 16.5. The fourth-order valence-corrected chi connectivity index (χ4v) is 2.49. The van der Waals surface area contributed by atoms with Crippen LogP contribution in [0.25, 0.3) is 0 Å². The molecule has 1 heterocycles. The predicted octanol–water partition coefficient (Wildman–Crippen LogP) is 3.26. The molecule has 0 amide bonds. The third-order valence-corrected chi connectivity index (χ3v) is 3.97. The van der Waals surface area contributed by atoms with Gasteiger partial charge in [0.2, 0.25) is 5.88 Å². The molecule has 0 fully saturated rings. The van der Waals surface area contributed by atoms with Gasteiger partial charge in [-0.2, -0.15) is 8.78 Å². The van der Waals surface area contributed by atoms with Crippen LogP contribution in [0.4, 0.5) is 8.78 Å². The molecule has 0 radical (unpaired) electrons. The maximum atomic E-state index is 12.2. The van der Waals surface area contributed by atoms with Crippen molar-refractivity contribution in [2.24, 2.45) is 4.99 Å². The third kappa shape index (κ3) is 8.20. The Kier molecular flexibility index (Phi) is 9.79. The number of benzene rings is 1. The van der Waals surface area contributed by atoms with Gasteiger partial charge < -0.3 is 25.2 Å². The first-order valence-electron chi connectivity index (χ1n) is 9.84. The van der Waals surface area contributed by atoms with Crippen LogP contribution in [0.5, 0.6) is 11.6 Å². The molecule has 0 spiro atoms. The quantitative estimate of drug-likeness (QED) is 0.381. The van der Waals surface area contributed by atoms with Gasteiger partial charge in [-0.1, -0.05) is 25.1 Å². The minimum atomic E-state index is -2.88. The van der Waals surface area contributed by atoms with Crippen molar-refractivity contribution in [1.82, 2.24) is 15.6 Å². The number of hydrogen-bond acceptors (Lipinski definition) is 5. The van der Waals surface area contributed by atoms with Crippen molar-refractivity contribution in [3.05, 3.63) is 53.7 Å². The molecule has 0 aliphatic carbocycles. The van der Waals surface area contributed by atoms with Crippen molar-refractivity contribution in [1.29, 1.82) is 0 Å². The maximum absolute atomic E-state index is 12.2. The van der Waals surface area contributed by atoms with Crippen LogP contribution in [-0.4, -0.2) is 42.4 Å². The van der Waals surface area contributed by atoms with E-state index in [0.29, 0.717) is 37.1 Å². The SMILES string of the molecule is CCCOc1ccc(CN=C(NCC)NCC(O)c2ccc(OC(F)F)cc2)cn1. The number of hydrogen-bond donors (Lipinski definition) is 3. The second-order valence-corrected chi connectivity index (χ2v) is 6.39. The topological polar surface area (TPSA) is 88.0 Å². The molecule has 1 aromatic heterocycles. The number of rotatable bonds is 11. The van der Waals surface area contributed by atoms with Crippen LogP contribution in [0.1, 0.15) is 37.5 Å². The molecule has 0 aliphatic rings. The number of aliphatic hydroxyl groups excluding tert-OH is 1. The standard InChI is InChI=1S/C21H28F2N4O3/c1-3-11-29-19-10-5-15(12-25-19)13-26-21(24-4-2)27-14-18(28)16-6-8-17(9-7-16)30-20(22)23/h5-10,12,18,20,28H,3-4,11,13-14H2,1-2H3,(H2,24,26,27). The van der Waals surface area contributed by atoms with E-state index in [1.807, 2.05) is 26.0 Å². The number of aromatic nitrogens is 1. The van der Waals surface area contributed by atoms with Crippen molar-refractivity contribution < 1.29 is 23.4 Å².